The van der Waals surface area contributed by atoms with Gasteiger partial charge in [-0.05, 0) is 37.3 Å². The Morgan fingerprint density at radius 1 is 1.56 bits per heavy atom. The molecule has 0 aromatic carbocycles. The van der Waals surface area contributed by atoms with Crippen molar-refractivity contribution in [2.45, 2.75) is 51.7 Å². The second-order valence-electron chi connectivity index (χ2n) is 5.80. The van der Waals surface area contributed by atoms with E-state index in [9.17, 15) is 5.11 Å². The van der Waals surface area contributed by atoms with Gasteiger partial charge in [0.15, 0.2) is 0 Å². The summed E-state index contributed by atoms with van der Waals surface area (Å²) in [6.45, 7) is 5.71. The van der Waals surface area contributed by atoms with Crippen LogP contribution in [-0.2, 0) is 6.54 Å². The van der Waals surface area contributed by atoms with Crippen molar-refractivity contribution in [1.82, 2.24) is 10.3 Å². The average molecular weight is 248 g/mol. The molecule has 2 atom stereocenters. The standard InChI is InChI=1S/C15H24N2O/c1-12-5-3-7-15(18,9-12)11-16-10-14-13(2)6-4-8-17-14/h4,6,8,12,16,18H,3,5,7,9-11H2,1-2H3. The van der Waals surface area contributed by atoms with Gasteiger partial charge in [0.1, 0.15) is 0 Å². The Kier molecular flexibility index (Phi) is 4.36. The lowest BCUT2D eigenvalue weighted by atomic mass is 9.79. The van der Waals surface area contributed by atoms with Crippen molar-refractivity contribution in [3.63, 3.8) is 0 Å². The molecule has 0 bridgehead atoms. The number of hydrogen-bond acceptors (Lipinski definition) is 3. The van der Waals surface area contributed by atoms with Gasteiger partial charge in [-0.1, -0.05) is 25.8 Å². The molecule has 3 nitrogen and oxygen atoms in total. The van der Waals surface area contributed by atoms with E-state index in [2.05, 4.69) is 30.2 Å². The number of rotatable bonds is 4. The molecule has 2 unspecified atom stereocenters. The van der Waals surface area contributed by atoms with E-state index in [-0.39, 0.29) is 0 Å². The Morgan fingerprint density at radius 3 is 3.11 bits per heavy atom. The van der Waals surface area contributed by atoms with E-state index in [0.29, 0.717) is 12.5 Å². The summed E-state index contributed by atoms with van der Waals surface area (Å²) < 4.78 is 0. The Hall–Kier alpha value is -0.930. The van der Waals surface area contributed by atoms with Gasteiger partial charge in [-0.15, -0.1) is 0 Å². The molecule has 2 rings (SSSR count). The number of hydrogen-bond donors (Lipinski definition) is 2. The molecule has 0 spiro atoms. The van der Waals surface area contributed by atoms with Crippen LogP contribution in [0.25, 0.3) is 0 Å². The van der Waals surface area contributed by atoms with Crippen LogP contribution in [0.15, 0.2) is 18.3 Å². The maximum Gasteiger partial charge on any atom is 0.0774 e. The Balaban J connectivity index is 1.83. The highest BCUT2D eigenvalue weighted by atomic mass is 16.3. The fraction of sp³-hybridized carbons (Fsp3) is 0.667. The molecule has 18 heavy (non-hydrogen) atoms. The zero-order valence-corrected chi connectivity index (χ0v) is 11.4. The number of nitrogens with zero attached hydrogens (tertiary/aromatic N) is 1. The highest BCUT2D eigenvalue weighted by Gasteiger charge is 2.31. The molecule has 0 radical (unpaired) electrons. The molecule has 0 amide bonds. The topological polar surface area (TPSA) is 45.2 Å². The summed E-state index contributed by atoms with van der Waals surface area (Å²) in [5, 5.41) is 13.9. The highest BCUT2D eigenvalue weighted by Crippen LogP contribution is 2.31. The van der Waals surface area contributed by atoms with Crippen LogP contribution in [0.5, 0.6) is 0 Å². The predicted molar refractivity (Wildman–Crippen MR) is 73.3 cm³/mol. The second-order valence-corrected chi connectivity index (χ2v) is 5.80. The van der Waals surface area contributed by atoms with Crippen LogP contribution in [0.4, 0.5) is 0 Å². The van der Waals surface area contributed by atoms with Gasteiger partial charge in [0.2, 0.25) is 0 Å². The first kappa shape index (κ1) is 13.5. The van der Waals surface area contributed by atoms with Crippen LogP contribution in [0.3, 0.4) is 0 Å². The lowest BCUT2D eigenvalue weighted by Gasteiger charge is -2.35. The second kappa shape index (κ2) is 5.81. The van der Waals surface area contributed by atoms with E-state index >= 15 is 0 Å². The number of aryl methyl sites for hydroxylation is 1. The minimum absolute atomic E-state index is 0.514. The van der Waals surface area contributed by atoms with Gasteiger partial charge in [0.25, 0.3) is 0 Å². The van der Waals surface area contributed by atoms with Crippen molar-refractivity contribution in [3.8, 4) is 0 Å². The molecule has 1 saturated carbocycles. The molecule has 0 aliphatic heterocycles. The van der Waals surface area contributed by atoms with Gasteiger partial charge >= 0.3 is 0 Å². The van der Waals surface area contributed by atoms with Gasteiger partial charge in [-0.2, -0.15) is 0 Å². The van der Waals surface area contributed by atoms with Crippen LogP contribution < -0.4 is 5.32 Å². The molecule has 1 fully saturated rings. The predicted octanol–water partition coefficient (Wildman–Crippen LogP) is 2.42. The van der Waals surface area contributed by atoms with Crippen molar-refractivity contribution in [2.24, 2.45) is 5.92 Å². The molecule has 1 aromatic rings. The van der Waals surface area contributed by atoms with Crippen molar-refractivity contribution < 1.29 is 5.11 Å². The third-order valence-corrected chi connectivity index (χ3v) is 3.93. The van der Waals surface area contributed by atoms with Gasteiger partial charge in [0, 0.05) is 19.3 Å². The SMILES string of the molecule is Cc1cccnc1CNCC1(O)CCCC(C)C1. The summed E-state index contributed by atoms with van der Waals surface area (Å²) in [5.74, 6) is 0.641. The molecule has 0 saturated heterocycles. The normalized spacial score (nSPS) is 28.3. The Morgan fingerprint density at radius 2 is 2.39 bits per heavy atom. The summed E-state index contributed by atoms with van der Waals surface area (Å²) in [7, 11) is 0. The first-order chi connectivity index (χ1) is 8.59. The van der Waals surface area contributed by atoms with Crippen LogP contribution in [0, 0.1) is 12.8 Å². The average Bonchev–Trinajstić information content (AvgIpc) is 2.31. The minimum atomic E-state index is -0.514. The van der Waals surface area contributed by atoms with E-state index in [4.69, 9.17) is 0 Å². The molecule has 1 aromatic heterocycles. The summed E-state index contributed by atoms with van der Waals surface area (Å²) in [4.78, 5) is 4.35. The van der Waals surface area contributed by atoms with Crippen molar-refractivity contribution in [2.75, 3.05) is 6.54 Å². The summed E-state index contributed by atoms with van der Waals surface area (Å²) in [6, 6.07) is 4.02. The fourth-order valence-electron chi connectivity index (χ4n) is 2.91. The van der Waals surface area contributed by atoms with Gasteiger partial charge in [-0.25, -0.2) is 0 Å². The summed E-state index contributed by atoms with van der Waals surface area (Å²) >= 11 is 0. The third kappa shape index (κ3) is 3.53. The molecular formula is C15H24N2O. The summed E-state index contributed by atoms with van der Waals surface area (Å²) in [6.07, 6.45) is 6.05. The van der Waals surface area contributed by atoms with Gasteiger partial charge in [0.05, 0.1) is 11.3 Å². The largest absolute Gasteiger partial charge is 0.389 e. The highest BCUT2D eigenvalue weighted by molar-refractivity contribution is 5.17. The molecule has 2 N–H and O–H groups in total. The van der Waals surface area contributed by atoms with Gasteiger partial charge < -0.3 is 10.4 Å². The number of pyridine rings is 1. The zero-order chi connectivity index (χ0) is 13.0. The van der Waals surface area contributed by atoms with Crippen molar-refractivity contribution >= 4 is 0 Å². The van der Waals surface area contributed by atoms with E-state index in [1.807, 2.05) is 12.3 Å². The smallest absolute Gasteiger partial charge is 0.0774 e. The van der Waals surface area contributed by atoms with Gasteiger partial charge in [-0.3, -0.25) is 4.98 Å². The fourth-order valence-corrected chi connectivity index (χ4v) is 2.91. The quantitative estimate of drug-likeness (QED) is 0.860. The minimum Gasteiger partial charge on any atom is -0.389 e. The van der Waals surface area contributed by atoms with E-state index in [0.717, 1.165) is 31.5 Å². The molecular weight excluding hydrogens is 224 g/mol. The Bertz CT molecular complexity index is 394. The van der Waals surface area contributed by atoms with E-state index in [1.165, 1.54) is 12.0 Å². The lowest BCUT2D eigenvalue weighted by Crippen LogP contribution is -2.43. The molecule has 1 heterocycles. The first-order valence-electron chi connectivity index (χ1n) is 6.93. The van der Waals surface area contributed by atoms with Crippen molar-refractivity contribution in [3.05, 3.63) is 29.6 Å². The molecule has 1 aliphatic rings. The zero-order valence-electron chi connectivity index (χ0n) is 11.4. The first-order valence-corrected chi connectivity index (χ1v) is 6.93. The van der Waals surface area contributed by atoms with Crippen LogP contribution >= 0.6 is 0 Å². The molecule has 3 heteroatoms. The Labute approximate surface area is 110 Å². The van der Waals surface area contributed by atoms with E-state index < -0.39 is 5.60 Å². The van der Waals surface area contributed by atoms with Crippen LogP contribution in [0.2, 0.25) is 0 Å². The molecule has 1 aliphatic carbocycles. The van der Waals surface area contributed by atoms with Crippen molar-refractivity contribution in [1.29, 1.82) is 0 Å². The lowest BCUT2D eigenvalue weighted by molar-refractivity contribution is -0.0119. The maximum absolute atomic E-state index is 10.5. The van der Waals surface area contributed by atoms with Crippen LogP contribution in [-0.4, -0.2) is 22.2 Å². The third-order valence-electron chi connectivity index (χ3n) is 3.93. The maximum atomic E-state index is 10.5. The number of nitrogens with one attached hydrogen (secondary N) is 1. The number of aliphatic hydroxyl groups is 1. The monoisotopic (exact) mass is 248 g/mol. The van der Waals surface area contributed by atoms with E-state index in [1.54, 1.807) is 0 Å². The van der Waals surface area contributed by atoms with Crippen LogP contribution in [0.1, 0.15) is 43.9 Å². The number of aromatic nitrogens is 1. The summed E-state index contributed by atoms with van der Waals surface area (Å²) in [5.41, 5.74) is 1.76. The molecule has 100 valence electrons.